The van der Waals surface area contributed by atoms with Crippen molar-refractivity contribution in [2.24, 2.45) is 11.7 Å². The summed E-state index contributed by atoms with van der Waals surface area (Å²) < 4.78 is 1.11. The Morgan fingerprint density at radius 2 is 1.95 bits per heavy atom. The molecule has 1 fully saturated rings. The van der Waals surface area contributed by atoms with Crippen molar-refractivity contribution in [2.45, 2.75) is 25.4 Å². The van der Waals surface area contributed by atoms with Crippen LogP contribution in [-0.4, -0.2) is 49.6 Å². The molecule has 1 aromatic rings. The lowest BCUT2D eigenvalue weighted by molar-refractivity contribution is 0.250. The molecule has 1 saturated heterocycles. The number of likely N-dealkylation sites (tertiary alicyclic amines) is 1. The van der Waals surface area contributed by atoms with Crippen molar-refractivity contribution in [1.29, 1.82) is 0 Å². The van der Waals surface area contributed by atoms with Crippen LogP contribution in [0.1, 0.15) is 24.9 Å². The smallest absolute Gasteiger partial charge is 0.0307 e. The van der Waals surface area contributed by atoms with E-state index in [1.165, 1.54) is 18.7 Å². The summed E-state index contributed by atoms with van der Waals surface area (Å²) in [6.45, 7) is 5.79. The molecule has 4 heteroatoms. The molecule has 20 heavy (non-hydrogen) atoms. The minimum atomic E-state index is 0.136. The van der Waals surface area contributed by atoms with Crippen LogP contribution >= 0.6 is 15.9 Å². The van der Waals surface area contributed by atoms with Crippen molar-refractivity contribution < 1.29 is 0 Å². The third-order valence-corrected chi connectivity index (χ3v) is 4.89. The van der Waals surface area contributed by atoms with Crippen LogP contribution in [0, 0.1) is 5.92 Å². The maximum absolute atomic E-state index is 6.30. The molecule has 0 aliphatic carbocycles. The Hall–Kier alpha value is -0.420. The molecule has 2 N–H and O–H groups in total. The monoisotopic (exact) mass is 339 g/mol. The Morgan fingerprint density at radius 3 is 2.50 bits per heavy atom. The number of hydrogen-bond donors (Lipinski definition) is 1. The molecule has 0 amide bonds. The maximum Gasteiger partial charge on any atom is 0.0307 e. The molecule has 0 saturated carbocycles. The highest BCUT2D eigenvalue weighted by Crippen LogP contribution is 2.22. The Bertz CT molecular complexity index is 418. The van der Waals surface area contributed by atoms with Gasteiger partial charge in [0.2, 0.25) is 0 Å². The van der Waals surface area contributed by atoms with Gasteiger partial charge in [0, 0.05) is 36.2 Å². The first-order chi connectivity index (χ1) is 9.47. The molecule has 2 rings (SSSR count). The van der Waals surface area contributed by atoms with Gasteiger partial charge in [0.1, 0.15) is 0 Å². The van der Waals surface area contributed by atoms with Crippen LogP contribution in [0.15, 0.2) is 28.7 Å². The molecule has 3 nitrogen and oxygen atoms in total. The van der Waals surface area contributed by atoms with E-state index in [0.717, 1.165) is 23.4 Å². The van der Waals surface area contributed by atoms with Crippen LogP contribution in [0.5, 0.6) is 0 Å². The van der Waals surface area contributed by atoms with Crippen LogP contribution in [-0.2, 0) is 0 Å². The molecule has 0 spiro atoms. The Kier molecular flexibility index (Phi) is 5.61. The maximum atomic E-state index is 6.30. The molecule has 1 aromatic carbocycles. The molecule has 0 radical (unpaired) electrons. The van der Waals surface area contributed by atoms with Crippen LogP contribution < -0.4 is 5.73 Å². The predicted octanol–water partition coefficient (Wildman–Crippen LogP) is 2.72. The first-order valence-electron chi connectivity index (χ1n) is 7.37. The van der Waals surface area contributed by atoms with E-state index in [2.05, 4.69) is 71.0 Å². The molecule has 1 aliphatic heterocycles. The third kappa shape index (κ3) is 4.04. The highest BCUT2D eigenvalue weighted by Gasteiger charge is 2.30. The van der Waals surface area contributed by atoms with Gasteiger partial charge in [-0.1, -0.05) is 35.0 Å². The molecule has 3 unspecified atom stereocenters. The minimum absolute atomic E-state index is 0.136. The number of halogens is 1. The number of hydrogen-bond acceptors (Lipinski definition) is 3. The fraction of sp³-hybridized carbons (Fsp3) is 0.625. The van der Waals surface area contributed by atoms with Crippen LogP contribution in [0.3, 0.4) is 0 Å². The zero-order valence-electron chi connectivity index (χ0n) is 12.7. The van der Waals surface area contributed by atoms with Gasteiger partial charge in [-0.25, -0.2) is 0 Å². The third-order valence-electron chi connectivity index (χ3n) is 4.37. The second-order valence-electron chi connectivity index (χ2n) is 6.21. The van der Waals surface area contributed by atoms with E-state index >= 15 is 0 Å². The van der Waals surface area contributed by atoms with Gasteiger partial charge in [0.15, 0.2) is 0 Å². The summed E-state index contributed by atoms with van der Waals surface area (Å²) in [4.78, 5) is 4.90. The summed E-state index contributed by atoms with van der Waals surface area (Å²) in [5.74, 6) is 0.744. The van der Waals surface area contributed by atoms with Gasteiger partial charge in [-0.15, -0.1) is 0 Å². The topological polar surface area (TPSA) is 32.5 Å². The Labute approximate surface area is 131 Å². The second-order valence-corrected chi connectivity index (χ2v) is 7.13. The largest absolute Gasteiger partial charge is 0.324 e. The van der Waals surface area contributed by atoms with E-state index in [4.69, 9.17) is 5.73 Å². The van der Waals surface area contributed by atoms with Gasteiger partial charge in [0.25, 0.3) is 0 Å². The van der Waals surface area contributed by atoms with Gasteiger partial charge < -0.3 is 15.5 Å². The number of likely N-dealkylation sites (N-methyl/N-ethyl adjacent to an activating group) is 1. The normalized spacial score (nSPS) is 25.3. The van der Waals surface area contributed by atoms with Crippen molar-refractivity contribution in [2.75, 3.05) is 33.7 Å². The molecule has 0 bridgehead atoms. The average Bonchev–Trinajstić information content (AvgIpc) is 2.78. The molecular formula is C16H26BrN3. The second kappa shape index (κ2) is 7.03. The summed E-state index contributed by atoms with van der Waals surface area (Å²) in [7, 11) is 4.36. The molecule has 0 aromatic heterocycles. The summed E-state index contributed by atoms with van der Waals surface area (Å²) in [5.41, 5.74) is 7.53. The minimum Gasteiger partial charge on any atom is -0.324 e. The van der Waals surface area contributed by atoms with Gasteiger partial charge in [-0.2, -0.15) is 0 Å². The zero-order chi connectivity index (χ0) is 14.7. The number of rotatable bonds is 5. The zero-order valence-corrected chi connectivity index (χ0v) is 14.3. The summed E-state index contributed by atoms with van der Waals surface area (Å²) in [5, 5.41) is 0. The van der Waals surface area contributed by atoms with Crippen molar-refractivity contribution in [1.82, 2.24) is 9.80 Å². The summed E-state index contributed by atoms with van der Waals surface area (Å²) in [6, 6.07) is 9.17. The first-order valence-corrected chi connectivity index (χ1v) is 8.16. The predicted molar refractivity (Wildman–Crippen MR) is 88.8 cm³/mol. The fourth-order valence-corrected chi connectivity index (χ4v) is 3.37. The highest BCUT2D eigenvalue weighted by molar-refractivity contribution is 9.10. The fourth-order valence-electron chi connectivity index (χ4n) is 3.10. The van der Waals surface area contributed by atoms with E-state index in [1.54, 1.807) is 0 Å². The van der Waals surface area contributed by atoms with Crippen molar-refractivity contribution in [3.05, 3.63) is 34.3 Å². The van der Waals surface area contributed by atoms with E-state index in [-0.39, 0.29) is 6.04 Å². The van der Waals surface area contributed by atoms with Crippen molar-refractivity contribution >= 4 is 15.9 Å². The van der Waals surface area contributed by atoms with Gasteiger partial charge in [0.05, 0.1) is 0 Å². The van der Waals surface area contributed by atoms with E-state index in [0.29, 0.717) is 6.04 Å². The molecular weight excluding hydrogens is 314 g/mol. The Balaban J connectivity index is 1.82. The van der Waals surface area contributed by atoms with Crippen molar-refractivity contribution in [3.63, 3.8) is 0 Å². The Morgan fingerprint density at radius 1 is 1.30 bits per heavy atom. The van der Waals surface area contributed by atoms with Crippen LogP contribution in [0.25, 0.3) is 0 Å². The molecule has 1 aliphatic rings. The standard InChI is InChI=1S/C16H26BrN3/c1-12-10-20(11-16(12)19(2)3)9-8-15(18)13-4-6-14(17)7-5-13/h4-7,12,15-16H,8-11,18H2,1-3H3. The van der Waals surface area contributed by atoms with Gasteiger partial charge in [-0.3, -0.25) is 0 Å². The van der Waals surface area contributed by atoms with Crippen LogP contribution in [0.4, 0.5) is 0 Å². The van der Waals surface area contributed by atoms with E-state index < -0.39 is 0 Å². The lowest BCUT2D eigenvalue weighted by Crippen LogP contribution is -2.34. The number of nitrogens with zero attached hydrogens (tertiary/aromatic N) is 2. The molecule has 3 atom stereocenters. The van der Waals surface area contributed by atoms with E-state index in [9.17, 15) is 0 Å². The quantitative estimate of drug-likeness (QED) is 0.895. The lowest BCUT2D eigenvalue weighted by atomic mass is 10.0. The average molecular weight is 340 g/mol. The van der Waals surface area contributed by atoms with Gasteiger partial charge >= 0.3 is 0 Å². The van der Waals surface area contributed by atoms with Gasteiger partial charge in [-0.05, 0) is 44.1 Å². The van der Waals surface area contributed by atoms with E-state index in [1.807, 2.05) is 0 Å². The molecule has 112 valence electrons. The van der Waals surface area contributed by atoms with Crippen LogP contribution in [0.2, 0.25) is 0 Å². The number of nitrogens with two attached hydrogens (primary N) is 1. The molecule has 1 heterocycles. The van der Waals surface area contributed by atoms with Crippen molar-refractivity contribution in [3.8, 4) is 0 Å². The first kappa shape index (κ1) is 16.0. The SMILES string of the molecule is CC1CN(CCC(N)c2ccc(Br)cc2)CC1N(C)C. The highest BCUT2D eigenvalue weighted by atomic mass is 79.9. The summed E-state index contributed by atoms with van der Waals surface area (Å²) >= 11 is 3.46. The summed E-state index contributed by atoms with van der Waals surface area (Å²) in [6.07, 6.45) is 1.02. The lowest BCUT2D eigenvalue weighted by Gasteiger charge is -2.23. The number of benzene rings is 1.